The standard InChI is InChI=1S/C20H15ClFN5O2/c21-14-6-4-13(5-7-14)17-10-27-16(11-28-17)19(24-26-27)20-23-18(29-25-20)9-12-2-1-3-15(22)8-12/h1-8,17H,9-11H2/t17-/m0/s1. The van der Waals surface area contributed by atoms with E-state index in [1.807, 2.05) is 24.3 Å². The molecule has 0 unspecified atom stereocenters. The molecule has 2 aromatic heterocycles. The lowest BCUT2D eigenvalue weighted by molar-refractivity contribution is -0.00111. The summed E-state index contributed by atoms with van der Waals surface area (Å²) in [6, 6.07) is 13.8. The Hall–Kier alpha value is -3.10. The number of fused-ring (bicyclic) bond motifs is 1. The summed E-state index contributed by atoms with van der Waals surface area (Å²) in [6.45, 7) is 0.849. The van der Waals surface area contributed by atoms with Gasteiger partial charge in [-0.25, -0.2) is 9.07 Å². The molecule has 0 saturated carbocycles. The SMILES string of the molecule is Fc1cccc(Cc2nc(-c3nnn4c3CO[C@H](c3ccc(Cl)cc3)C4)no2)c1. The molecule has 0 spiro atoms. The number of benzene rings is 2. The minimum Gasteiger partial charge on any atom is -0.365 e. The Morgan fingerprint density at radius 1 is 1.17 bits per heavy atom. The van der Waals surface area contributed by atoms with Gasteiger partial charge in [0.15, 0.2) is 5.69 Å². The van der Waals surface area contributed by atoms with E-state index < -0.39 is 0 Å². The first kappa shape index (κ1) is 18.0. The summed E-state index contributed by atoms with van der Waals surface area (Å²) in [7, 11) is 0. The van der Waals surface area contributed by atoms with E-state index in [1.54, 1.807) is 16.8 Å². The zero-order valence-corrected chi connectivity index (χ0v) is 15.9. The number of rotatable bonds is 4. The van der Waals surface area contributed by atoms with Gasteiger partial charge in [0.25, 0.3) is 0 Å². The van der Waals surface area contributed by atoms with Crippen molar-refractivity contribution in [3.63, 3.8) is 0 Å². The maximum absolute atomic E-state index is 13.4. The van der Waals surface area contributed by atoms with Crippen molar-refractivity contribution in [3.8, 4) is 11.5 Å². The Morgan fingerprint density at radius 2 is 2.03 bits per heavy atom. The van der Waals surface area contributed by atoms with Gasteiger partial charge >= 0.3 is 0 Å². The van der Waals surface area contributed by atoms with Gasteiger partial charge in [-0.1, -0.05) is 46.2 Å². The van der Waals surface area contributed by atoms with E-state index in [0.29, 0.717) is 42.0 Å². The minimum absolute atomic E-state index is 0.136. The fraction of sp³-hybridized carbons (Fsp3) is 0.200. The van der Waals surface area contributed by atoms with E-state index in [0.717, 1.165) is 16.8 Å². The van der Waals surface area contributed by atoms with E-state index in [4.69, 9.17) is 20.9 Å². The lowest BCUT2D eigenvalue weighted by atomic mass is 10.1. The molecule has 0 saturated heterocycles. The van der Waals surface area contributed by atoms with E-state index >= 15 is 0 Å². The molecule has 2 aromatic carbocycles. The quantitative estimate of drug-likeness (QED) is 0.505. The monoisotopic (exact) mass is 411 g/mol. The molecule has 1 aliphatic rings. The van der Waals surface area contributed by atoms with E-state index in [-0.39, 0.29) is 11.9 Å². The number of halogens is 2. The van der Waals surface area contributed by atoms with E-state index in [9.17, 15) is 4.39 Å². The molecule has 1 atom stereocenters. The maximum Gasteiger partial charge on any atom is 0.231 e. The molecule has 1 aliphatic heterocycles. The molecular formula is C20H15ClFN5O2. The van der Waals surface area contributed by atoms with Crippen LogP contribution in [0.3, 0.4) is 0 Å². The normalized spacial score (nSPS) is 16.0. The number of ether oxygens (including phenoxy) is 1. The van der Waals surface area contributed by atoms with Crippen LogP contribution >= 0.6 is 11.6 Å². The van der Waals surface area contributed by atoms with Gasteiger partial charge in [0.2, 0.25) is 11.7 Å². The number of nitrogens with zero attached hydrogens (tertiary/aromatic N) is 5. The van der Waals surface area contributed by atoms with Crippen molar-refractivity contribution in [1.29, 1.82) is 0 Å². The lowest BCUT2D eigenvalue weighted by Gasteiger charge is -2.24. The van der Waals surface area contributed by atoms with Gasteiger partial charge in [-0.3, -0.25) is 0 Å². The first-order chi connectivity index (χ1) is 14.2. The van der Waals surface area contributed by atoms with Crippen LogP contribution in [0.1, 0.15) is 28.8 Å². The Morgan fingerprint density at radius 3 is 2.86 bits per heavy atom. The molecule has 0 fully saturated rings. The summed E-state index contributed by atoms with van der Waals surface area (Å²) in [6.07, 6.45) is 0.201. The number of hydrogen-bond donors (Lipinski definition) is 0. The van der Waals surface area contributed by atoms with Crippen LogP contribution < -0.4 is 0 Å². The van der Waals surface area contributed by atoms with Gasteiger partial charge in [0, 0.05) is 5.02 Å². The van der Waals surface area contributed by atoms with Crippen LogP contribution in [-0.4, -0.2) is 25.1 Å². The average molecular weight is 412 g/mol. The summed E-state index contributed by atoms with van der Waals surface area (Å²) in [4.78, 5) is 4.39. The van der Waals surface area contributed by atoms with Crippen LogP contribution in [0.4, 0.5) is 4.39 Å². The zero-order valence-electron chi connectivity index (χ0n) is 15.1. The number of hydrogen-bond acceptors (Lipinski definition) is 6. The highest BCUT2D eigenvalue weighted by atomic mass is 35.5. The third-order valence-electron chi connectivity index (χ3n) is 4.76. The third kappa shape index (κ3) is 3.64. The minimum atomic E-state index is -0.304. The highest BCUT2D eigenvalue weighted by Crippen LogP contribution is 2.30. The molecule has 5 rings (SSSR count). The molecule has 0 radical (unpaired) electrons. The average Bonchev–Trinajstić information content (AvgIpc) is 3.34. The van der Waals surface area contributed by atoms with Crippen LogP contribution in [-0.2, 0) is 24.3 Å². The summed E-state index contributed by atoms with van der Waals surface area (Å²) < 4.78 is 26.5. The fourth-order valence-electron chi connectivity index (χ4n) is 3.31. The second-order valence-corrected chi connectivity index (χ2v) is 7.17. The largest absolute Gasteiger partial charge is 0.365 e. The molecular weight excluding hydrogens is 397 g/mol. The lowest BCUT2D eigenvalue weighted by Crippen LogP contribution is -2.22. The predicted octanol–water partition coefficient (Wildman–Crippen LogP) is 3.98. The second kappa shape index (κ2) is 7.38. The van der Waals surface area contributed by atoms with E-state index in [2.05, 4.69) is 20.5 Å². The second-order valence-electron chi connectivity index (χ2n) is 6.74. The number of aromatic nitrogens is 5. The van der Waals surface area contributed by atoms with Crippen molar-refractivity contribution in [2.24, 2.45) is 0 Å². The summed E-state index contributed by atoms with van der Waals surface area (Å²) in [5.41, 5.74) is 3.08. The van der Waals surface area contributed by atoms with Crippen molar-refractivity contribution in [2.45, 2.75) is 25.7 Å². The molecule has 29 heavy (non-hydrogen) atoms. The highest BCUT2D eigenvalue weighted by Gasteiger charge is 2.27. The molecule has 7 nitrogen and oxygen atoms in total. The molecule has 146 valence electrons. The van der Waals surface area contributed by atoms with Gasteiger partial charge in [0.1, 0.15) is 11.9 Å². The highest BCUT2D eigenvalue weighted by molar-refractivity contribution is 6.30. The first-order valence-electron chi connectivity index (χ1n) is 9.02. The van der Waals surface area contributed by atoms with Gasteiger partial charge in [-0.15, -0.1) is 5.10 Å². The third-order valence-corrected chi connectivity index (χ3v) is 5.02. The smallest absolute Gasteiger partial charge is 0.231 e. The maximum atomic E-state index is 13.4. The van der Waals surface area contributed by atoms with Gasteiger partial charge in [-0.05, 0) is 35.4 Å². The first-order valence-corrected chi connectivity index (χ1v) is 9.40. The van der Waals surface area contributed by atoms with Crippen molar-refractivity contribution in [1.82, 2.24) is 25.1 Å². The molecule has 9 heteroatoms. The molecule has 3 heterocycles. The summed E-state index contributed by atoms with van der Waals surface area (Å²) in [5, 5.41) is 13.1. The molecule has 0 N–H and O–H groups in total. The van der Waals surface area contributed by atoms with Crippen molar-refractivity contribution >= 4 is 11.6 Å². The van der Waals surface area contributed by atoms with Crippen LogP contribution in [0.5, 0.6) is 0 Å². The van der Waals surface area contributed by atoms with Gasteiger partial charge < -0.3 is 9.26 Å². The van der Waals surface area contributed by atoms with Crippen LogP contribution in [0.25, 0.3) is 11.5 Å². The topological polar surface area (TPSA) is 78.9 Å². The van der Waals surface area contributed by atoms with Crippen molar-refractivity contribution in [2.75, 3.05) is 0 Å². The molecule has 4 aromatic rings. The van der Waals surface area contributed by atoms with E-state index in [1.165, 1.54) is 12.1 Å². The summed E-state index contributed by atoms with van der Waals surface area (Å²) >= 11 is 5.95. The fourth-order valence-corrected chi connectivity index (χ4v) is 3.43. The Kier molecular flexibility index (Phi) is 4.57. The Balaban J connectivity index is 1.35. The molecule has 0 amide bonds. The zero-order chi connectivity index (χ0) is 19.8. The summed E-state index contributed by atoms with van der Waals surface area (Å²) in [5.74, 6) is 0.413. The molecule has 0 aliphatic carbocycles. The Bertz CT molecular complexity index is 1160. The molecule has 0 bridgehead atoms. The van der Waals surface area contributed by atoms with Gasteiger partial charge in [-0.2, -0.15) is 4.98 Å². The van der Waals surface area contributed by atoms with Crippen molar-refractivity contribution in [3.05, 3.63) is 82.1 Å². The van der Waals surface area contributed by atoms with Crippen molar-refractivity contribution < 1.29 is 13.7 Å². The van der Waals surface area contributed by atoms with Crippen LogP contribution in [0.15, 0.2) is 53.1 Å². The van der Waals surface area contributed by atoms with Crippen LogP contribution in [0, 0.1) is 5.82 Å². The predicted molar refractivity (Wildman–Crippen MR) is 102 cm³/mol. The Labute approximate surface area is 170 Å². The van der Waals surface area contributed by atoms with Gasteiger partial charge in [0.05, 0.1) is 25.3 Å². The van der Waals surface area contributed by atoms with Crippen LogP contribution in [0.2, 0.25) is 5.02 Å².